The van der Waals surface area contributed by atoms with E-state index in [4.69, 9.17) is 14.5 Å². The van der Waals surface area contributed by atoms with Gasteiger partial charge in [0.25, 0.3) is 5.89 Å². The van der Waals surface area contributed by atoms with Crippen molar-refractivity contribution in [1.82, 2.24) is 25.3 Å². The lowest BCUT2D eigenvalue weighted by Crippen LogP contribution is -2.45. The van der Waals surface area contributed by atoms with Crippen LogP contribution in [0.4, 0.5) is 0 Å². The fraction of sp³-hybridized carbons (Fsp3) is 0.348. The number of hydrogen-bond acceptors (Lipinski definition) is 9. The molecule has 2 aromatic heterocycles. The van der Waals surface area contributed by atoms with Gasteiger partial charge in [0, 0.05) is 37.4 Å². The molecule has 9 heteroatoms. The quantitative estimate of drug-likeness (QED) is 0.623. The second kappa shape index (κ2) is 8.15. The zero-order valence-electron chi connectivity index (χ0n) is 17.9. The molecule has 1 aromatic carbocycles. The van der Waals surface area contributed by atoms with Crippen molar-refractivity contribution in [2.24, 2.45) is 0 Å². The van der Waals surface area contributed by atoms with Gasteiger partial charge in [-0.15, -0.1) is 0 Å². The van der Waals surface area contributed by atoms with Gasteiger partial charge in [0.05, 0.1) is 17.7 Å². The number of nitrogens with zero attached hydrogens (tertiary/aromatic N) is 5. The van der Waals surface area contributed by atoms with Crippen molar-refractivity contribution in [2.75, 3.05) is 19.6 Å². The molecule has 2 aliphatic rings. The molecule has 4 heterocycles. The molecular weight excluding hydrogens is 408 g/mol. The Balaban J connectivity index is 1.30. The second-order valence-corrected chi connectivity index (χ2v) is 8.14. The molecule has 3 aromatic rings. The molecule has 0 amide bonds. The van der Waals surface area contributed by atoms with Gasteiger partial charge in [-0.25, -0.2) is 9.78 Å². The number of pyridine rings is 1. The van der Waals surface area contributed by atoms with Crippen LogP contribution < -0.4 is 5.32 Å². The molecule has 1 atom stereocenters. The van der Waals surface area contributed by atoms with Crippen LogP contribution in [-0.4, -0.2) is 45.6 Å². The van der Waals surface area contributed by atoms with E-state index < -0.39 is 0 Å². The van der Waals surface area contributed by atoms with E-state index >= 15 is 0 Å². The number of nitriles is 1. The molecular formula is C23H22N6O3. The molecule has 5 rings (SSSR count). The molecule has 0 spiro atoms. The highest BCUT2D eigenvalue weighted by Gasteiger charge is 2.28. The first-order valence-corrected chi connectivity index (χ1v) is 10.5. The van der Waals surface area contributed by atoms with Crippen molar-refractivity contribution in [2.45, 2.75) is 33.0 Å². The first-order chi connectivity index (χ1) is 15.5. The standard InChI is InChI=1S/C23H22N6O3/c1-13-7-19(26-9-15(13)8-24)22-27-21(28-32-22)11-29-6-5-25-20(10-29)16-3-4-17-18(14(16)2)12-31-23(17)30/h3-4,7,9,20,25H,5-6,10-12H2,1-2H3/t20-/m0/s1. The van der Waals surface area contributed by atoms with Gasteiger partial charge in [-0.2, -0.15) is 10.2 Å². The highest BCUT2D eigenvalue weighted by molar-refractivity contribution is 5.94. The highest BCUT2D eigenvalue weighted by Crippen LogP contribution is 2.30. The van der Waals surface area contributed by atoms with Crippen LogP contribution in [0.2, 0.25) is 0 Å². The molecule has 0 saturated carbocycles. The van der Waals surface area contributed by atoms with Crippen LogP contribution in [0.3, 0.4) is 0 Å². The molecule has 0 radical (unpaired) electrons. The molecule has 1 N–H and O–H groups in total. The summed E-state index contributed by atoms with van der Waals surface area (Å²) in [6, 6.07) is 7.91. The van der Waals surface area contributed by atoms with E-state index in [-0.39, 0.29) is 12.0 Å². The maximum atomic E-state index is 11.8. The van der Waals surface area contributed by atoms with E-state index in [1.54, 1.807) is 6.07 Å². The van der Waals surface area contributed by atoms with Gasteiger partial charge in [-0.1, -0.05) is 11.2 Å². The third-order valence-corrected chi connectivity index (χ3v) is 6.13. The van der Waals surface area contributed by atoms with Crippen LogP contribution in [0.15, 0.2) is 28.9 Å². The number of carbonyl (C=O) groups excluding carboxylic acids is 1. The molecule has 1 fully saturated rings. The van der Waals surface area contributed by atoms with Crippen molar-refractivity contribution in [3.63, 3.8) is 0 Å². The molecule has 0 aliphatic carbocycles. The predicted molar refractivity (Wildman–Crippen MR) is 113 cm³/mol. The average molecular weight is 430 g/mol. The summed E-state index contributed by atoms with van der Waals surface area (Å²) in [6.45, 7) is 7.28. The fourth-order valence-electron chi connectivity index (χ4n) is 4.32. The summed E-state index contributed by atoms with van der Waals surface area (Å²) >= 11 is 0. The molecule has 0 bridgehead atoms. The summed E-state index contributed by atoms with van der Waals surface area (Å²) in [6.07, 6.45) is 1.52. The molecule has 0 unspecified atom stereocenters. The summed E-state index contributed by atoms with van der Waals surface area (Å²) < 4.78 is 10.6. The van der Waals surface area contributed by atoms with E-state index in [2.05, 4.69) is 38.3 Å². The van der Waals surface area contributed by atoms with E-state index in [1.165, 1.54) is 11.8 Å². The number of piperazine rings is 1. The van der Waals surface area contributed by atoms with Crippen molar-refractivity contribution in [3.05, 3.63) is 63.6 Å². The Morgan fingerprint density at radius 3 is 3.03 bits per heavy atom. The average Bonchev–Trinajstić information content (AvgIpc) is 3.41. The summed E-state index contributed by atoms with van der Waals surface area (Å²) in [5.74, 6) is 0.695. The van der Waals surface area contributed by atoms with Crippen molar-refractivity contribution in [1.29, 1.82) is 5.26 Å². The number of carbonyl (C=O) groups is 1. The SMILES string of the molecule is Cc1cc(-c2nc(CN3CCN[C@H](c4ccc5c(c4C)COC5=O)C3)no2)ncc1C#N. The minimum absolute atomic E-state index is 0.138. The van der Waals surface area contributed by atoms with E-state index in [0.29, 0.717) is 41.7 Å². The van der Waals surface area contributed by atoms with Crippen LogP contribution in [0.5, 0.6) is 0 Å². The van der Waals surface area contributed by atoms with Gasteiger partial charge in [0.1, 0.15) is 18.4 Å². The molecule has 1 saturated heterocycles. The number of fused-ring (bicyclic) bond motifs is 1. The van der Waals surface area contributed by atoms with Gasteiger partial charge >= 0.3 is 5.97 Å². The Morgan fingerprint density at radius 1 is 1.34 bits per heavy atom. The minimum atomic E-state index is -0.243. The number of nitrogens with one attached hydrogen (secondary N) is 1. The van der Waals surface area contributed by atoms with Crippen LogP contribution >= 0.6 is 0 Å². The molecule has 32 heavy (non-hydrogen) atoms. The number of aromatic nitrogens is 3. The van der Waals surface area contributed by atoms with Gasteiger partial charge in [0.2, 0.25) is 0 Å². The second-order valence-electron chi connectivity index (χ2n) is 8.14. The van der Waals surface area contributed by atoms with Crippen LogP contribution in [0.1, 0.15) is 50.0 Å². The molecule has 162 valence electrons. The minimum Gasteiger partial charge on any atom is -0.457 e. The summed E-state index contributed by atoms with van der Waals surface area (Å²) in [7, 11) is 0. The summed E-state index contributed by atoms with van der Waals surface area (Å²) in [5.41, 5.74) is 5.85. The zero-order valence-corrected chi connectivity index (χ0v) is 17.9. The van der Waals surface area contributed by atoms with Gasteiger partial charge in [-0.05, 0) is 42.7 Å². The van der Waals surface area contributed by atoms with Gasteiger partial charge in [0.15, 0.2) is 5.82 Å². The van der Waals surface area contributed by atoms with Crippen molar-refractivity contribution < 1.29 is 14.1 Å². The number of aryl methyl sites for hydroxylation is 1. The number of esters is 1. The fourth-order valence-corrected chi connectivity index (χ4v) is 4.32. The Bertz CT molecular complexity index is 1250. The van der Waals surface area contributed by atoms with E-state index in [1.807, 2.05) is 19.1 Å². The molecule has 2 aliphatic heterocycles. The topological polar surface area (TPSA) is 117 Å². The number of benzene rings is 1. The smallest absolute Gasteiger partial charge is 0.338 e. The Labute approximate surface area is 185 Å². The first kappa shape index (κ1) is 20.3. The Kier molecular flexibility index (Phi) is 5.17. The summed E-state index contributed by atoms with van der Waals surface area (Å²) in [5, 5.41) is 16.8. The monoisotopic (exact) mass is 430 g/mol. The van der Waals surface area contributed by atoms with E-state index in [9.17, 15) is 4.79 Å². The van der Waals surface area contributed by atoms with Gasteiger partial charge < -0.3 is 14.6 Å². The third-order valence-electron chi connectivity index (χ3n) is 6.13. The first-order valence-electron chi connectivity index (χ1n) is 10.5. The van der Waals surface area contributed by atoms with Crippen LogP contribution in [0.25, 0.3) is 11.6 Å². The number of hydrogen-bond donors (Lipinski definition) is 1. The number of cyclic esters (lactones) is 1. The maximum absolute atomic E-state index is 11.8. The summed E-state index contributed by atoms with van der Waals surface area (Å²) in [4.78, 5) is 22.9. The lowest BCUT2D eigenvalue weighted by atomic mass is 9.93. The predicted octanol–water partition coefficient (Wildman–Crippen LogP) is 2.44. The maximum Gasteiger partial charge on any atom is 0.338 e. The normalized spacial score (nSPS) is 18.3. The highest BCUT2D eigenvalue weighted by atomic mass is 16.5. The largest absolute Gasteiger partial charge is 0.457 e. The molecule has 9 nitrogen and oxygen atoms in total. The Morgan fingerprint density at radius 2 is 2.22 bits per heavy atom. The number of ether oxygens (including phenoxy) is 1. The zero-order chi connectivity index (χ0) is 22.2. The van der Waals surface area contributed by atoms with Crippen LogP contribution in [0, 0.1) is 25.2 Å². The lowest BCUT2D eigenvalue weighted by Gasteiger charge is -2.34. The van der Waals surface area contributed by atoms with Crippen molar-refractivity contribution in [3.8, 4) is 17.7 Å². The number of rotatable bonds is 4. The van der Waals surface area contributed by atoms with Crippen molar-refractivity contribution >= 4 is 5.97 Å². The van der Waals surface area contributed by atoms with Gasteiger partial charge in [-0.3, -0.25) is 4.90 Å². The van der Waals surface area contributed by atoms with E-state index in [0.717, 1.165) is 36.3 Å². The Hall–Kier alpha value is -3.61. The lowest BCUT2D eigenvalue weighted by molar-refractivity contribution is 0.0535. The van der Waals surface area contributed by atoms with Crippen LogP contribution in [-0.2, 0) is 17.9 Å². The third kappa shape index (κ3) is 3.64.